The van der Waals surface area contributed by atoms with Crippen molar-refractivity contribution in [2.45, 2.75) is 95.5 Å². The SMILES string of the molecule is CC(C)(C)OC(=O)N1[C@@H]2CC[C@@H](C2)[C@H]1C(=O)C[C@@H](Cc1ccc(N2CCC3NCCC32)cc1F)C(N)=O. The molecular weight excluding hydrogens is 475 g/mol. The number of amides is 2. The van der Waals surface area contributed by atoms with E-state index in [1.807, 2.05) is 6.07 Å². The van der Waals surface area contributed by atoms with Gasteiger partial charge in [0.15, 0.2) is 5.78 Å². The molecule has 3 heterocycles. The van der Waals surface area contributed by atoms with E-state index in [2.05, 4.69) is 10.2 Å². The number of ether oxygens (including phenoxy) is 1. The Bertz CT molecular complexity index is 1070. The third-order valence-corrected chi connectivity index (χ3v) is 8.60. The van der Waals surface area contributed by atoms with Crippen LogP contribution in [0.4, 0.5) is 14.9 Å². The van der Waals surface area contributed by atoms with Crippen LogP contribution in [0.3, 0.4) is 0 Å². The minimum Gasteiger partial charge on any atom is -0.444 e. The Balaban J connectivity index is 1.28. The maximum absolute atomic E-state index is 15.2. The molecule has 1 aliphatic carbocycles. The second kappa shape index (κ2) is 9.89. The molecule has 3 N–H and O–H groups in total. The summed E-state index contributed by atoms with van der Waals surface area (Å²) in [6.07, 6.45) is 4.01. The van der Waals surface area contributed by atoms with Crippen LogP contribution in [0.5, 0.6) is 0 Å². The molecular formula is C28H39FN4O4. The number of hydrogen-bond acceptors (Lipinski definition) is 6. The summed E-state index contributed by atoms with van der Waals surface area (Å²) in [5, 5.41) is 3.50. The molecule has 2 unspecified atom stereocenters. The average molecular weight is 515 g/mol. The van der Waals surface area contributed by atoms with Crippen LogP contribution >= 0.6 is 0 Å². The van der Waals surface area contributed by atoms with Crippen molar-refractivity contribution in [3.63, 3.8) is 0 Å². The van der Waals surface area contributed by atoms with E-state index in [4.69, 9.17) is 10.5 Å². The zero-order valence-corrected chi connectivity index (χ0v) is 22.0. The highest BCUT2D eigenvalue weighted by atomic mass is 19.1. The average Bonchev–Trinajstić information content (AvgIpc) is 3.59. The summed E-state index contributed by atoms with van der Waals surface area (Å²) < 4.78 is 20.8. The fourth-order valence-corrected chi connectivity index (χ4v) is 6.95. The number of halogens is 1. The molecule has 202 valence electrons. The number of hydrogen-bond donors (Lipinski definition) is 2. The third-order valence-electron chi connectivity index (χ3n) is 8.60. The number of Topliss-reactive ketones (excluding diaryl/α,β-unsaturated/α-hetero) is 1. The second-order valence-corrected chi connectivity index (χ2v) is 12.2. The van der Waals surface area contributed by atoms with Gasteiger partial charge in [-0.25, -0.2) is 9.18 Å². The second-order valence-electron chi connectivity index (χ2n) is 12.2. The molecule has 3 saturated heterocycles. The van der Waals surface area contributed by atoms with Gasteiger partial charge in [-0.15, -0.1) is 0 Å². The molecule has 4 fully saturated rings. The van der Waals surface area contributed by atoms with E-state index in [9.17, 15) is 14.4 Å². The lowest BCUT2D eigenvalue weighted by Crippen LogP contribution is -2.51. The van der Waals surface area contributed by atoms with E-state index in [0.717, 1.165) is 50.9 Å². The number of ketones is 1. The number of carbonyl (C=O) groups excluding carboxylic acids is 3. The summed E-state index contributed by atoms with van der Waals surface area (Å²) >= 11 is 0. The number of nitrogens with one attached hydrogen (secondary N) is 1. The molecule has 5 rings (SSSR count). The number of primary amides is 1. The number of carbonyl (C=O) groups is 3. The molecule has 0 spiro atoms. The fourth-order valence-electron chi connectivity index (χ4n) is 6.95. The van der Waals surface area contributed by atoms with Crippen molar-refractivity contribution in [3.05, 3.63) is 29.6 Å². The molecule has 37 heavy (non-hydrogen) atoms. The van der Waals surface area contributed by atoms with Gasteiger partial charge in [0, 0.05) is 42.7 Å². The van der Waals surface area contributed by atoms with Gasteiger partial charge in [-0.2, -0.15) is 0 Å². The van der Waals surface area contributed by atoms with Crippen LogP contribution in [-0.2, 0) is 20.7 Å². The monoisotopic (exact) mass is 514 g/mol. The van der Waals surface area contributed by atoms with E-state index in [0.29, 0.717) is 17.6 Å². The van der Waals surface area contributed by atoms with Gasteiger partial charge in [0.2, 0.25) is 5.91 Å². The van der Waals surface area contributed by atoms with E-state index in [-0.39, 0.29) is 36.4 Å². The van der Waals surface area contributed by atoms with Crippen molar-refractivity contribution < 1.29 is 23.5 Å². The summed E-state index contributed by atoms with van der Waals surface area (Å²) in [4.78, 5) is 42.6. The maximum Gasteiger partial charge on any atom is 0.411 e. The quantitative estimate of drug-likeness (QED) is 0.579. The number of rotatable bonds is 7. The standard InChI is InChI=1S/C28H39FN4O4/c1-28(2,3)37-27(36)33-20-7-5-17(13-20)25(33)24(34)14-18(26(30)35)12-16-4-6-19(15-21(16)29)32-11-9-22-23(32)8-10-31-22/h4,6,15,17-18,20,22-23,25,31H,5,7-14H2,1-3H3,(H2,30,35)/t17-,18+,20+,22?,23?,25-/m0/s1. The Morgan fingerprint density at radius 3 is 2.68 bits per heavy atom. The summed E-state index contributed by atoms with van der Waals surface area (Å²) in [6, 6.07) is 5.35. The van der Waals surface area contributed by atoms with Crippen molar-refractivity contribution in [3.8, 4) is 0 Å². The first-order chi connectivity index (χ1) is 17.5. The Hall–Kier alpha value is -2.68. The maximum atomic E-state index is 15.2. The number of benzene rings is 1. The smallest absolute Gasteiger partial charge is 0.411 e. The van der Waals surface area contributed by atoms with Gasteiger partial charge in [-0.1, -0.05) is 6.07 Å². The minimum atomic E-state index is -0.845. The molecule has 1 aromatic rings. The van der Waals surface area contributed by atoms with Crippen LogP contribution in [0.2, 0.25) is 0 Å². The van der Waals surface area contributed by atoms with Gasteiger partial charge in [-0.05, 0) is 89.5 Å². The van der Waals surface area contributed by atoms with Gasteiger partial charge < -0.3 is 20.7 Å². The molecule has 2 bridgehead atoms. The topological polar surface area (TPSA) is 105 Å². The minimum absolute atomic E-state index is 0.0222. The van der Waals surface area contributed by atoms with Gasteiger partial charge in [0.05, 0.1) is 6.04 Å². The van der Waals surface area contributed by atoms with E-state index in [1.165, 1.54) is 6.07 Å². The number of piperidine rings is 1. The highest BCUT2D eigenvalue weighted by Crippen LogP contribution is 2.44. The van der Waals surface area contributed by atoms with Crippen LogP contribution in [0.25, 0.3) is 0 Å². The zero-order valence-electron chi connectivity index (χ0n) is 22.0. The number of fused-ring (bicyclic) bond motifs is 3. The lowest BCUT2D eigenvalue weighted by atomic mass is 9.87. The van der Waals surface area contributed by atoms with Crippen molar-refractivity contribution in [2.75, 3.05) is 18.0 Å². The molecule has 6 atom stereocenters. The summed E-state index contributed by atoms with van der Waals surface area (Å²) in [7, 11) is 0. The first kappa shape index (κ1) is 25.9. The Morgan fingerprint density at radius 1 is 1.19 bits per heavy atom. The molecule has 2 amide bonds. The predicted octanol–water partition coefficient (Wildman–Crippen LogP) is 3.16. The molecule has 1 saturated carbocycles. The van der Waals surface area contributed by atoms with Gasteiger partial charge >= 0.3 is 6.09 Å². The molecule has 0 aromatic heterocycles. The van der Waals surface area contributed by atoms with Crippen LogP contribution < -0.4 is 16.0 Å². The summed E-state index contributed by atoms with van der Waals surface area (Å²) in [5.74, 6) is -2.01. The molecule has 1 aromatic carbocycles. The molecule has 3 aliphatic heterocycles. The van der Waals surface area contributed by atoms with Crippen LogP contribution in [0, 0.1) is 17.7 Å². The Morgan fingerprint density at radius 2 is 1.97 bits per heavy atom. The van der Waals surface area contributed by atoms with Gasteiger partial charge in [-0.3, -0.25) is 14.5 Å². The largest absolute Gasteiger partial charge is 0.444 e. The van der Waals surface area contributed by atoms with Crippen LogP contribution in [0.1, 0.15) is 64.9 Å². The highest BCUT2D eigenvalue weighted by molar-refractivity contribution is 5.92. The summed E-state index contributed by atoms with van der Waals surface area (Å²) in [5.41, 5.74) is 6.24. The molecule has 0 radical (unpaired) electrons. The Labute approximate surface area is 218 Å². The fraction of sp³-hybridized carbons (Fsp3) is 0.679. The number of anilines is 1. The van der Waals surface area contributed by atoms with Crippen molar-refractivity contribution >= 4 is 23.5 Å². The Kier molecular flexibility index (Phi) is 6.94. The zero-order chi connectivity index (χ0) is 26.5. The van der Waals surface area contributed by atoms with E-state index in [1.54, 1.807) is 31.7 Å². The van der Waals surface area contributed by atoms with Crippen LogP contribution in [-0.4, -0.2) is 65.5 Å². The number of likely N-dealkylation sites (tertiary alicyclic amines) is 1. The van der Waals surface area contributed by atoms with Crippen molar-refractivity contribution in [2.24, 2.45) is 17.6 Å². The first-order valence-electron chi connectivity index (χ1n) is 13.6. The first-order valence-corrected chi connectivity index (χ1v) is 13.6. The predicted molar refractivity (Wildman–Crippen MR) is 138 cm³/mol. The lowest BCUT2D eigenvalue weighted by Gasteiger charge is -2.36. The van der Waals surface area contributed by atoms with Crippen molar-refractivity contribution in [1.82, 2.24) is 10.2 Å². The van der Waals surface area contributed by atoms with Crippen molar-refractivity contribution in [1.29, 1.82) is 0 Å². The number of nitrogens with zero attached hydrogens (tertiary/aromatic N) is 2. The summed E-state index contributed by atoms with van der Waals surface area (Å²) in [6.45, 7) is 7.26. The number of nitrogens with two attached hydrogens (primary N) is 1. The molecule has 8 nitrogen and oxygen atoms in total. The highest BCUT2D eigenvalue weighted by Gasteiger charge is 2.52. The molecule has 9 heteroatoms. The normalized spacial score (nSPS) is 29.5. The van der Waals surface area contributed by atoms with Crippen LogP contribution in [0.15, 0.2) is 18.2 Å². The molecule has 4 aliphatic rings. The lowest BCUT2D eigenvalue weighted by molar-refractivity contribution is -0.131. The van der Waals surface area contributed by atoms with E-state index < -0.39 is 29.6 Å². The third kappa shape index (κ3) is 5.19. The van der Waals surface area contributed by atoms with E-state index >= 15 is 4.39 Å². The van der Waals surface area contributed by atoms with Gasteiger partial charge in [0.1, 0.15) is 11.4 Å². The van der Waals surface area contributed by atoms with Gasteiger partial charge in [0.25, 0.3) is 0 Å².